The average molecular weight is 206 g/mol. The Balaban J connectivity index is 3.17. The van der Waals surface area contributed by atoms with Crippen LogP contribution in [0.3, 0.4) is 0 Å². The first-order valence-corrected chi connectivity index (χ1v) is 4.23. The first-order chi connectivity index (χ1) is 6.47. The molecule has 0 atom stereocenters. The lowest BCUT2D eigenvalue weighted by Gasteiger charge is -2.09. The third-order valence-electron chi connectivity index (χ3n) is 1.94. The van der Waals surface area contributed by atoms with Crippen molar-refractivity contribution in [1.82, 2.24) is 0 Å². The SMILES string of the molecule is CCc1cc(CF)cc(C(F)(F)F)c1. The molecule has 14 heavy (non-hydrogen) atoms. The molecule has 0 aromatic heterocycles. The number of aryl methyl sites for hydroxylation is 1. The van der Waals surface area contributed by atoms with Crippen LogP contribution < -0.4 is 0 Å². The summed E-state index contributed by atoms with van der Waals surface area (Å²) in [5.74, 6) is 0. The molecule has 0 fully saturated rings. The first kappa shape index (κ1) is 11.0. The maximum Gasteiger partial charge on any atom is 0.416 e. The van der Waals surface area contributed by atoms with Gasteiger partial charge in [-0.1, -0.05) is 13.0 Å². The number of rotatable bonds is 2. The Morgan fingerprint density at radius 3 is 2.07 bits per heavy atom. The largest absolute Gasteiger partial charge is 0.416 e. The van der Waals surface area contributed by atoms with Gasteiger partial charge in [-0.05, 0) is 29.7 Å². The van der Waals surface area contributed by atoms with Crippen LogP contribution in [-0.2, 0) is 19.3 Å². The topological polar surface area (TPSA) is 0 Å². The molecular formula is C10H10F4. The Bertz CT molecular complexity index is 292. The van der Waals surface area contributed by atoms with E-state index in [0.29, 0.717) is 12.0 Å². The summed E-state index contributed by atoms with van der Waals surface area (Å²) >= 11 is 0. The van der Waals surface area contributed by atoms with Crippen LogP contribution in [0.5, 0.6) is 0 Å². The van der Waals surface area contributed by atoms with Crippen LogP contribution in [0.1, 0.15) is 23.6 Å². The molecule has 0 nitrogen and oxygen atoms in total. The van der Waals surface area contributed by atoms with Gasteiger partial charge in [0.25, 0.3) is 0 Å². The Labute approximate surface area is 79.6 Å². The van der Waals surface area contributed by atoms with Gasteiger partial charge in [-0.25, -0.2) is 4.39 Å². The normalized spacial score (nSPS) is 11.8. The standard InChI is InChI=1S/C10H10F4/c1-2-7-3-8(6-11)5-9(4-7)10(12,13)14/h3-5H,2,6H2,1H3. The monoisotopic (exact) mass is 206 g/mol. The molecule has 0 spiro atoms. The summed E-state index contributed by atoms with van der Waals surface area (Å²) in [6.45, 7) is 0.869. The smallest absolute Gasteiger partial charge is 0.246 e. The summed E-state index contributed by atoms with van der Waals surface area (Å²) in [7, 11) is 0. The van der Waals surface area contributed by atoms with E-state index in [1.54, 1.807) is 6.92 Å². The van der Waals surface area contributed by atoms with Crippen LogP contribution in [0, 0.1) is 0 Å². The maximum atomic E-state index is 12.3. The molecule has 0 heterocycles. The van der Waals surface area contributed by atoms with Gasteiger partial charge in [0.15, 0.2) is 0 Å². The molecule has 0 radical (unpaired) electrons. The number of alkyl halides is 4. The van der Waals surface area contributed by atoms with Crippen LogP contribution in [-0.4, -0.2) is 0 Å². The fraction of sp³-hybridized carbons (Fsp3) is 0.400. The van der Waals surface area contributed by atoms with E-state index in [-0.39, 0.29) is 5.56 Å². The van der Waals surface area contributed by atoms with Crippen molar-refractivity contribution in [1.29, 1.82) is 0 Å². The van der Waals surface area contributed by atoms with Crippen molar-refractivity contribution in [3.63, 3.8) is 0 Å². The van der Waals surface area contributed by atoms with E-state index in [1.807, 2.05) is 0 Å². The number of hydrogen-bond donors (Lipinski definition) is 0. The van der Waals surface area contributed by atoms with Crippen molar-refractivity contribution in [3.05, 3.63) is 34.9 Å². The van der Waals surface area contributed by atoms with Gasteiger partial charge in [-0.3, -0.25) is 0 Å². The van der Waals surface area contributed by atoms with Gasteiger partial charge < -0.3 is 0 Å². The second kappa shape index (κ2) is 3.98. The Hall–Kier alpha value is -1.06. The van der Waals surface area contributed by atoms with E-state index in [9.17, 15) is 17.6 Å². The summed E-state index contributed by atoms with van der Waals surface area (Å²) in [6, 6.07) is 3.35. The van der Waals surface area contributed by atoms with Crippen molar-refractivity contribution >= 4 is 0 Å². The fourth-order valence-corrected chi connectivity index (χ4v) is 1.21. The molecule has 1 aromatic rings. The quantitative estimate of drug-likeness (QED) is 0.646. The van der Waals surface area contributed by atoms with Crippen LogP contribution >= 0.6 is 0 Å². The Kier molecular flexibility index (Phi) is 3.13. The van der Waals surface area contributed by atoms with Gasteiger partial charge in [-0.2, -0.15) is 13.2 Å². The molecule has 0 saturated carbocycles. The van der Waals surface area contributed by atoms with Crippen molar-refractivity contribution in [2.45, 2.75) is 26.2 Å². The van der Waals surface area contributed by atoms with Crippen molar-refractivity contribution in [3.8, 4) is 0 Å². The van der Waals surface area contributed by atoms with E-state index in [4.69, 9.17) is 0 Å². The van der Waals surface area contributed by atoms with Crippen molar-refractivity contribution in [2.24, 2.45) is 0 Å². The predicted octanol–water partition coefficient (Wildman–Crippen LogP) is 3.74. The number of halogens is 4. The third kappa shape index (κ3) is 2.47. The van der Waals surface area contributed by atoms with Gasteiger partial charge >= 0.3 is 6.18 Å². The summed E-state index contributed by atoms with van der Waals surface area (Å²) in [5.41, 5.74) is -0.186. The molecule has 0 aliphatic heterocycles. The molecule has 0 amide bonds. The van der Waals surface area contributed by atoms with E-state index in [2.05, 4.69) is 0 Å². The number of hydrogen-bond acceptors (Lipinski definition) is 0. The van der Waals surface area contributed by atoms with Crippen molar-refractivity contribution in [2.75, 3.05) is 0 Å². The zero-order valence-electron chi connectivity index (χ0n) is 7.66. The van der Waals surface area contributed by atoms with Gasteiger partial charge in [0.05, 0.1) is 5.56 Å². The summed E-state index contributed by atoms with van der Waals surface area (Å²) < 4.78 is 49.1. The molecule has 78 valence electrons. The highest BCUT2D eigenvalue weighted by Gasteiger charge is 2.30. The van der Waals surface area contributed by atoms with Gasteiger partial charge in [0, 0.05) is 0 Å². The predicted molar refractivity (Wildman–Crippen MR) is 45.6 cm³/mol. The molecule has 0 saturated heterocycles. The summed E-state index contributed by atoms with van der Waals surface area (Å²) in [6.07, 6.45) is -3.92. The highest BCUT2D eigenvalue weighted by atomic mass is 19.4. The molecule has 0 N–H and O–H groups in total. The molecule has 0 unspecified atom stereocenters. The minimum atomic E-state index is -4.39. The number of benzene rings is 1. The Morgan fingerprint density at radius 2 is 1.64 bits per heavy atom. The molecule has 1 aromatic carbocycles. The first-order valence-electron chi connectivity index (χ1n) is 4.23. The molecule has 4 heteroatoms. The second-order valence-electron chi connectivity index (χ2n) is 3.02. The highest BCUT2D eigenvalue weighted by Crippen LogP contribution is 2.30. The highest BCUT2D eigenvalue weighted by molar-refractivity contribution is 5.31. The lowest BCUT2D eigenvalue weighted by atomic mass is 10.0. The van der Waals surface area contributed by atoms with E-state index < -0.39 is 18.4 Å². The van der Waals surface area contributed by atoms with E-state index in [1.165, 1.54) is 6.07 Å². The molecular weight excluding hydrogens is 196 g/mol. The zero-order valence-corrected chi connectivity index (χ0v) is 7.66. The average Bonchev–Trinajstić information content (AvgIpc) is 2.15. The maximum absolute atomic E-state index is 12.3. The van der Waals surface area contributed by atoms with Crippen LogP contribution in [0.2, 0.25) is 0 Å². The van der Waals surface area contributed by atoms with Crippen molar-refractivity contribution < 1.29 is 17.6 Å². The van der Waals surface area contributed by atoms with Crippen LogP contribution in [0.15, 0.2) is 18.2 Å². The van der Waals surface area contributed by atoms with Gasteiger partial charge in [0.1, 0.15) is 6.67 Å². The van der Waals surface area contributed by atoms with E-state index in [0.717, 1.165) is 12.1 Å². The lowest BCUT2D eigenvalue weighted by molar-refractivity contribution is -0.137. The van der Waals surface area contributed by atoms with Crippen LogP contribution in [0.25, 0.3) is 0 Å². The van der Waals surface area contributed by atoms with E-state index >= 15 is 0 Å². The lowest BCUT2D eigenvalue weighted by Crippen LogP contribution is -2.06. The van der Waals surface area contributed by atoms with Crippen LogP contribution in [0.4, 0.5) is 17.6 Å². The molecule has 0 bridgehead atoms. The minimum absolute atomic E-state index is 0.0803. The molecule has 0 aliphatic carbocycles. The second-order valence-corrected chi connectivity index (χ2v) is 3.02. The Morgan fingerprint density at radius 1 is 1.07 bits per heavy atom. The zero-order chi connectivity index (χ0) is 10.8. The third-order valence-corrected chi connectivity index (χ3v) is 1.94. The fourth-order valence-electron chi connectivity index (χ4n) is 1.21. The van der Waals surface area contributed by atoms with Gasteiger partial charge in [-0.15, -0.1) is 0 Å². The minimum Gasteiger partial charge on any atom is -0.246 e. The molecule has 1 rings (SSSR count). The van der Waals surface area contributed by atoms with Gasteiger partial charge in [0.2, 0.25) is 0 Å². The summed E-state index contributed by atoms with van der Waals surface area (Å²) in [5, 5.41) is 0. The summed E-state index contributed by atoms with van der Waals surface area (Å²) in [4.78, 5) is 0. The molecule has 0 aliphatic rings.